The summed E-state index contributed by atoms with van der Waals surface area (Å²) in [5.41, 5.74) is 4.92. The van der Waals surface area contributed by atoms with Crippen molar-refractivity contribution in [3.05, 3.63) is 40.7 Å². The first-order valence-electron chi connectivity index (χ1n) is 7.18. The fourth-order valence-electron chi connectivity index (χ4n) is 3.23. The Morgan fingerprint density at radius 3 is 2.86 bits per heavy atom. The summed E-state index contributed by atoms with van der Waals surface area (Å²) in [6, 6.07) is 5.16. The number of benzene rings is 1. The van der Waals surface area contributed by atoms with Crippen molar-refractivity contribution in [3.8, 4) is 5.75 Å². The molecule has 0 aliphatic carbocycles. The van der Waals surface area contributed by atoms with Crippen molar-refractivity contribution in [1.82, 2.24) is 9.78 Å². The molecule has 21 heavy (non-hydrogen) atoms. The van der Waals surface area contributed by atoms with Crippen LogP contribution in [0.4, 0.5) is 5.69 Å². The van der Waals surface area contributed by atoms with Gasteiger partial charge in [-0.15, -0.1) is 0 Å². The summed E-state index contributed by atoms with van der Waals surface area (Å²) in [4.78, 5) is 12.0. The van der Waals surface area contributed by atoms with E-state index in [-0.39, 0.29) is 17.6 Å². The predicted octanol–water partition coefficient (Wildman–Crippen LogP) is 2.70. The minimum Gasteiger partial charge on any atom is -0.508 e. The van der Waals surface area contributed by atoms with E-state index in [0.29, 0.717) is 12.1 Å². The molecule has 5 nitrogen and oxygen atoms in total. The van der Waals surface area contributed by atoms with Gasteiger partial charge in [0, 0.05) is 41.9 Å². The van der Waals surface area contributed by atoms with Gasteiger partial charge < -0.3 is 10.4 Å². The number of anilines is 1. The number of nitrogens with one attached hydrogen (secondary N) is 1. The third kappa shape index (κ3) is 2.18. The van der Waals surface area contributed by atoms with Gasteiger partial charge in [-0.1, -0.05) is 6.07 Å². The number of phenols is 1. The van der Waals surface area contributed by atoms with Crippen LogP contribution >= 0.6 is 0 Å². The SMILES string of the molecule is CCn1nc(C)c(C2CC(=O)Nc3cc(O)ccc32)c1C. The summed E-state index contributed by atoms with van der Waals surface area (Å²) in [6.45, 7) is 6.91. The average Bonchev–Trinajstić information content (AvgIpc) is 2.71. The summed E-state index contributed by atoms with van der Waals surface area (Å²) < 4.78 is 1.97. The molecule has 1 unspecified atom stereocenters. The van der Waals surface area contributed by atoms with Gasteiger partial charge in [0.1, 0.15) is 5.75 Å². The molecule has 1 aromatic heterocycles. The Bertz CT molecular complexity index is 719. The predicted molar refractivity (Wildman–Crippen MR) is 80.6 cm³/mol. The van der Waals surface area contributed by atoms with Gasteiger partial charge in [0.2, 0.25) is 5.91 Å². The molecular weight excluding hydrogens is 266 g/mol. The van der Waals surface area contributed by atoms with E-state index >= 15 is 0 Å². The second kappa shape index (κ2) is 4.91. The van der Waals surface area contributed by atoms with E-state index < -0.39 is 0 Å². The fourth-order valence-corrected chi connectivity index (χ4v) is 3.23. The van der Waals surface area contributed by atoms with Gasteiger partial charge in [-0.3, -0.25) is 9.48 Å². The van der Waals surface area contributed by atoms with Crippen molar-refractivity contribution in [2.45, 2.75) is 39.7 Å². The maximum atomic E-state index is 12.0. The Labute approximate surface area is 123 Å². The number of amides is 1. The van der Waals surface area contributed by atoms with Crippen LogP contribution in [0.3, 0.4) is 0 Å². The van der Waals surface area contributed by atoms with E-state index in [1.54, 1.807) is 12.1 Å². The number of phenolic OH excluding ortho intramolecular Hbond substituents is 1. The molecule has 0 saturated carbocycles. The molecule has 1 atom stereocenters. The molecular formula is C16H19N3O2. The summed E-state index contributed by atoms with van der Waals surface area (Å²) >= 11 is 0. The molecule has 0 bridgehead atoms. The normalized spacial score (nSPS) is 17.5. The number of nitrogens with zero attached hydrogens (tertiary/aromatic N) is 2. The first kappa shape index (κ1) is 13.7. The van der Waals surface area contributed by atoms with Crippen molar-refractivity contribution < 1.29 is 9.90 Å². The quantitative estimate of drug-likeness (QED) is 0.891. The molecule has 2 aromatic rings. The second-order valence-electron chi connectivity index (χ2n) is 5.48. The molecule has 1 aliphatic heterocycles. The van der Waals surface area contributed by atoms with Crippen LogP contribution < -0.4 is 5.32 Å². The fraction of sp³-hybridized carbons (Fsp3) is 0.375. The zero-order chi connectivity index (χ0) is 15.1. The third-order valence-corrected chi connectivity index (χ3v) is 4.16. The van der Waals surface area contributed by atoms with Crippen molar-refractivity contribution in [2.75, 3.05) is 5.32 Å². The molecule has 110 valence electrons. The van der Waals surface area contributed by atoms with E-state index in [2.05, 4.69) is 17.3 Å². The van der Waals surface area contributed by atoms with Gasteiger partial charge >= 0.3 is 0 Å². The first-order valence-corrected chi connectivity index (χ1v) is 7.18. The molecule has 0 spiro atoms. The molecule has 1 amide bonds. The second-order valence-corrected chi connectivity index (χ2v) is 5.48. The zero-order valence-corrected chi connectivity index (χ0v) is 12.5. The number of aromatic nitrogens is 2. The van der Waals surface area contributed by atoms with E-state index in [1.807, 2.05) is 24.6 Å². The van der Waals surface area contributed by atoms with E-state index in [1.165, 1.54) is 0 Å². The Hall–Kier alpha value is -2.30. The Kier molecular flexibility index (Phi) is 3.20. The van der Waals surface area contributed by atoms with Gasteiger partial charge in [0.05, 0.1) is 5.69 Å². The zero-order valence-electron chi connectivity index (χ0n) is 12.5. The molecule has 3 rings (SSSR count). The van der Waals surface area contributed by atoms with E-state index in [0.717, 1.165) is 29.1 Å². The highest BCUT2D eigenvalue weighted by Gasteiger charge is 2.30. The van der Waals surface area contributed by atoms with Crippen molar-refractivity contribution in [2.24, 2.45) is 0 Å². The molecule has 2 N–H and O–H groups in total. The molecule has 1 aromatic carbocycles. The van der Waals surface area contributed by atoms with Gasteiger partial charge in [0.15, 0.2) is 0 Å². The van der Waals surface area contributed by atoms with Gasteiger partial charge in [-0.25, -0.2) is 0 Å². The lowest BCUT2D eigenvalue weighted by Gasteiger charge is -2.26. The average molecular weight is 285 g/mol. The number of hydrogen-bond donors (Lipinski definition) is 2. The van der Waals surface area contributed by atoms with Gasteiger partial charge in [0.25, 0.3) is 0 Å². The van der Waals surface area contributed by atoms with Crippen molar-refractivity contribution in [3.63, 3.8) is 0 Å². The topological polar surface area (TPSA) is 67.2 Å². The smallest absolute Gasteiger partial charge is 0.225 e. The molecule has 0 radical (unpaired) electrons. The number of aromatic hydroxyl groups is 1. The van der Waals surface area contributed by atoms with E-state index in [4.69, 9.17) is 0 Å². The van der Waals surface area contributed by atoms with Crippen LogP contribution in [0.15, 0.2) is 18.2 Å². The lowest BCUT2D eigenvalue weighted by molar-refractivity contribution is -0.116. The molecule has 0 fully saturated rings. The lowest BCUT2D eigenvalue weighted by Crippen LogP contribution is -2.24. The Balaban J connectivity index is 2.16. The number of fused-ring (bicyclic) bond motifs is 1. The lowest BCUT2D eigenvalue weighted by atomic mass is 9.83. The maximum absolute atomic E-state index is 12.0. The Morgan fingerprint density at radius 2 is 2.19 bits per heavy atom. The maximum Gasteiger partial charge on any atom is 0.225 e. The van der Waals surface area contributed by atoms with E-state index in [9.17, 15) is 9.90 Å². The van der Waals surface area contributed by atoms with Gasteiger partial charge in [-0.05, 0) is 32.4 Å². The summed E-state index contributed by atoms with van der Waals surface area (Å²) in [5, 5.41) is 17.0. The number of hydrogen-bond acceptors (Lipinski definition) is 3. The third-order valence-electron chi connectivity index (χ3n) is 4.16. The highest BCUT2D eigenvalue weighted by Crippen LogP contribution is 2.40. The number of carbonyl (C=O) groups excluding carboxylic acids is 1. The van der Waals surface area contributed by atoms with Crippen LogP contribution in [0.5, 0.6) is 5.75 Å². The highest BCUT2D eigenvalue weighted by molar-refractivity contribution is 5.95. The number of carbonyl (C=O) groups is 1. The van der Waals surface area contributed by atoms with Crippen LogP contribution in [0.2, 0.25) is 0 Å². The summed E-state index contributed by atoms with van der Waals surface area (Å²) in [7, 11) is 0. The van der Waals surface area contributed by atoms with Crippen molar-refractivity contribution in [1.29, 1.82) is 0 Å². The molecule has 5 heteroatoms. The largest absolute Gasteiger partial charge is 0.508 e. The van der Waals surface area contributed by atoms with Gasteiger partial charge in [-0.2, -0.15) is 5.10 Å². The highest BCUT2D eigenvalue weighted by atomic mass is 16.3. The van der Waals surface area contributed by atoms with Crippen LogP contribution in [-0.4, -0.2) is 20.8 Å². The summed E-state index contributed by atoms with van der Waals surface area (Å²) in [6.07, 6.45) is 0.412. The first-order chi connectivity index (χ1) is 10.0. The Morgan fingerprint density at radius 1 is 1.43 bits per heavy atom. The molecule has 0 saturated heterocycles. The minimum absolute atomic E-state index is 0.00495. The van der Waals surface area contributed by atoms with Crippen LogP contribution in [0.1, 0.15) is 41.8 Å². The summed E-state index contributed by atoms with van der Waals surface area (Å²) in [5.74, 6) is 0.128. The standard InChI is InChI=1S/C16H19N3O2/c1-4-19-10(3)16(9(2)18-19)13-8-15(21)17-14-7-11(20)5-6-12(13)14/h5-7,13,20H,4,8H2,1-3H3,(H,17,21). The van der Waals surface area contributed by atoms with Crippen molar-refractivity contribution >= 4 is 11.6 Å². The van der Waals surface area contributed by atoms with Crippen LogP contribution in [0, 0.1) is 13.8 Å². The van der Waals surface area contributed by atoms with Crippen LogP contribution in [0.25, 0.3) is 0 Å². The monoisotopic (exact) mass is 285 g/mol. The minimum atomic E-state index is -0.0267. The number of aryl methyl sites for hydroxylation is 2. The molecule has 2 heterocycles. The van der Waals surface area contributed by atoms with Crippen LogP contribution in [-0.2, 0) is 11.3 Å². The molecule has 1 aliphatic rings. The number of rotatable bonds is 2.